The van der Waals surface area contributed by atoms with Crippen molar-refractivity contribution in [2.75, 3.05) is 5.32 Å². The van der Waals surface area contributed by atoms with Gasteiger partial charge in [0.25, 0.3) is 0 Å². The van der Waals surface area contributed by atoms with Crippen LogP contribution in [0.1, 0.15) is 5.56 Å². The molecule has 0 aliphatic carbocycles. The van der Waals surface area contributed by atoms with Crippen molar-refractivity contribution in [3.05, 3.63) is 47.9 Å². The number of aromatic nitrogens is 2. The summed E-state index contributed by atoms with van der Waals surface area (Å²) < 4.78 is 15.0. The molecule has 0 aliphatic rings. The molecule has 2 aromatic rings. The zero-order valence-corrected chi connectivity index (χ0v) is 9.25. The number of nitrogens with zero attached hydrogens (tertiary/aromatic N) is 2. The first kappa shape index (κ1) is 10.8. The van der Waals surface area contributed by atoms with E-state index in [1.165, 1.54) is 11.6 Å². The molecule has 1 heterocycles. The zero-order chi connectivity index (χ0) is 11.4. The van der Waals surface area contributed by atoms with Gasteiger partial charge in [-0.1, -0.05) is 30.4 Å². The number of halogens is 1. The Kier molecular flexibility index (Phi) is 3.26. The average molecular weight is 235 g/mol. The molecule has 0 radical (unpaired) electrons. The Morgan fingerprint density at radius 3 is 2.94 bits per heavy atom. The lowest BCUT2D eigenvalue weighted by Gasteiger charge is -2.02. The lowest BCUT2D eigenvalue weighted by atomic mass is 10.2. The molecule has 0 amide bonds. The van der Waals surface area contributed by atoms with Crippen molar-refractivity contribution in [2.45, 2.75) is 6.54 Å². The van der Waals surface area contributed by atoms with Gasteiger partial charge in [-0.05, 0) is 6.07 Å². The van der Waals surface area contributed by atoms with Crippen LogP contribution in [0.25, 0.3) is 0 Å². The third-order valence-corrected chi connectivity index (χ3v) is 2.26. The molecular formula is C11H10FN3S. The molecule has 5 heteroatoms. The first-order valence-corrected chi connectivity index (χ1v) is 5.24. The summed E-state index contributed by atoms with van der Waals surface area (Å²) in [6, 6.07) is 8.43. The minimum Gasteiger partial charge on any atom is -0.336 e. The van der Waals surface area contributed by atoms with Gasteiger partial charge in [-0.25, -0.2) is 4.39 Å². The minimum atomic E-state index is -0.220. The SMILES string of the molecule is Fc1ccccc1Cn1ccc(NC=S)n1. The van der Waals surface area contributed by atoms with E-state index in [2.05, 4.69) is 22.6 Å². The van der Waals surface area contributed by atoms with E-state index in [1.807, 2.05) is 0 Å². The first-order chi connectivity index (χ1) is 7.79. The fraction of sp³-hybridized carbons (Fsp3) is 0.0909. The van der Waals surface area contributed by atoms with Gasteiger partial charge in [-0.15, -0.1) is 0 Å². The molecule has 1 aromatic carbocycles. The molecule has 3 nitrogen and oxygen atoms in total. The van der Waals surface area contributed by atoms with Crippen molar-refractivity contribution in [3.63, 3.8) is 0 Å². The van der Waals surface area contributed by atoms with E-state index >= 15 is 0 Å². The van der Waals surface area contributed by atoms with Crippen LogP contribution in [0.4, 0.5) is 10.2 Å². The van der Waals surface area contributed by atoms with Crippen molar-refractivity contribution in [1.29, 1.82) is 0 Å². The fourth-order valence-corrected chi connectivity index (χ4v) is 1.51. The summed E-state index contributed by atoms with van der Waals surface area (Å²) in [5.74, 6) is 0.439. The van der Waals surface area contributed by atoms with Gasteiger partial charge in [-0.2, -0.15) is 5.10 Å². The van der Waals surface area contributed by atoms with Crippen LogP contribution in [-0.4, -0.2) is 15.3 Å². The van der Waals surface area contributed by atoms with E-state index < -0.39 is 0 Å². The van der Waals surface area contributed by atoms with Gasteiger partial charge in [0.15, 0.2) is 5.82 Å². The summed E-state index contributed by atoms with van der Waals surface area (Å²) >= 11 is 4.65. The molecule has 1 aromatic heterocycles. The van der Waals surface area contributed by atoms with Crippen LogP contribution in [0.15, 0.2) is 36.5 Å². The largest absolute Gasteiger partial charge is 0.336 e. The Morgan fingerprint density at radius 1 is 1.38 bits per heavy atom. The van der Waals surface area contributed by atoms with E-state index in [1.54, 1.807) is 35.1 Å². The van der Waals surface area contributed by atoms with Gasteiger partial charge in [0.1, 0.15) is 5.82 Å². The Hall–Kier alpha value is -1.75. The zero-order valence-electron chi connectivity index (χ0n) is 8.43. The van der Waals surface area contributed by atoms with Gasteiger partial charge in [0, 0.05) is 17.8 Å². The molecule has 0 unspecified atom stereocenters. The lowest BCUT2D eigenvalue weighted by Crippen LogP contribution is -2.03. The molecule has 0 bridgehead atoms. The van der Waals surface area contributed by atoms with E-state index in [0.29, 0.717) is 17.9 Å². The van der Waals surface area contributed by atoms with Crippen molar-refractivity contribution in [2.24, 2.45) is 0 Å². The van der Waals surface area contributed by atoms with Crippen molar-refractivity contribution in [3.8, 4) is 0 Å². The predicted molar refractivity (Wildman–Crippen MR) is 65.0 cm³/mol. The number of rotatable bonds is 4. The molecule has 82 valence electrons. The van der Waals surface area contributed by atoms with Crippen LogP contribution in [0.3, 0.4) is 0 Å². The molecule has 16 heavy (non-hydrogen) atoms. The topological polar surface area (TPSA) is 29.9 Å². The molecule has 0 spiro atoms. The number of benzene rings is 1. The minimum absolute atomic E-state index is 0.220. The summed E-state index contributed by atoms with van der Waals surface area (Å²) in [5, 5.41) is 6.97. The Bertz CT molecular complexity index is 495. The molecule has 0 fully saturated rings. The Balaban J connectivity index is 2.14. The van der Waals surface area contributed by atoms with E-state index in [-0.39, 0.29) is 5.82 Å². The number of hydrogen-bond acceptors (Lipinski definition) is 2. The second-order valence-corrected chi connectivity index (χ2v) is 3.49. The summed E-state index contributed by atoms with van der Waals surface area (Å²) in [6.07, 6.45) is 1.77. The van der Waals surface area contributed by atoms with Crippen LogP contribution in [0.2, 0.25) is 0 Å². The second-order valence-electron chi connectivity index (χ2n) is 3.25. The molecule has 1 N–H and O–H groups in total. The number of anilines is 1. The van der Waals surface area contributed by atoms with Crippen LogP contribution in [-0.2, 0) is 6.54 Å². The van der Waals surface area contributed by atoms with Gasteiger partial charge in [0.05, 0.1) is 12.0 Å². The van der Waals surface area contributed by atoms with Crippen LogP contribution < -0.4 is 5.32 Å². The van der Waals surface area contributed by atoms with Crippen molar-refractivity contribution >= 4 is 23.5 Å². The third kappa shape index (κ3) is 2.43. The molecule has 0 saturated heterocycles. The van der Waals surface area contributed by atoms with E-state index in [9.17, 15) is 4.39 Å². The predicted octanol–water partition coefficient (Wildman–Crippen LogP) is 2.44. The highest BCUT2D eigenvalue weighted by molar-refractivity contribution is 7.79. The van der Waals surface area contributed by atoms with Crippen molar-refractivity contribution in [1.82, 2.24) is 9.78 Å². The summed E-state index contributed by atoms with van der Waals surface area (Å²) in [5.41, 5.74) is 2.00. The number of thiocarbonyl (C=S) groups is 1. The summed E-state index contributed by atoms with van der Waals surface area (Å²) in [7, 11) is 0. The molecule has 0 atom stereocenters. The normalized spacial score (nSPS) is 10.1. The Morgan fingerprint density at radius 2 is 2.19 bits per heavy atom. The molecule has 0 saturated carbocycles. The highest BCUT2D eigenvalue weighted by Gasteiger charge is 2.02. The maximum Gasteiger partial charge on any atom is 0.152 e. The molecule has 0 aliphatic heterocycles. The van der Waals surface area contributed by atoms with Gasteiger partial charge < -0.3 is 5.32 Å². The van der Waals surface area contributed by atoms with E-state index in [0.717, 1.165) is 0 Å². The number of hydrogen-bond donors (Lipinski definition) is 1. The van der Waals surface area contributed by atoms with Crippen LogP contribution in [0.5, 0.6) is 0 Å². The lowest BCUT2D eigenvalue weighted by molar-refractivity contribution is 0.586. The number of nitrogens with one attached hydrogen (secondary N) is 1. The van der Waals surface area contributed by atoms with Gasteiger partial charge >= 0.3 is 0 Å². The van der Waals surface area contributed by atoms with Crippen LogP contribution in [0, 0.1) is 5.82 Å². The second kappa shape index (κ2) is 4.85. The maximum absolute atomic E-state index is 13.4. The maximum atomic E-state index is 13.4. The molecular weight excluding hydrogens is 225 g/mol. The fourth-order valence-electron chi connectivity index (χ4n) is 1.39. The van der Waals surface area contributed by atoms with Crippen molar-refractivity contribution < 1.29 is 4.39 Å². The first-order valence-electron chi connectivity index (χ1n) is 4.76. The average Bonchev–Trinajstić information content (AvgIpc) is 2.70. The van der Waals surface area contributed by atoms with Gasteiger partial charge in [0.2, 0.25) is 0 Å². The van der Waals surface area contributed by atoms with Gasteiger partial charge in [-0.3, -0.25) is 4.68 Å². The third-order valence-electron chi connectivity index (χ3n) is 2.14. The monoisotopic (exact) mass is 235 g/mol. The summed E-state index contributed by atoms with van der Waals surface area (Å²) in [4.78, 5) is 0. The highest BCUT2D eigenvalue weighted by Crippen LogP contribution is 2.09. The highest BCUT2D eigenvalue weighted by atomic mass is 32.1. The van der Waals surface area contributed by atoms with Crippen LogP contribution >= 0.6 is 12.2 Å². The van der Waals surface area contributed by atoms with E-state index in [4.69, 9.17) is 0 Å². The summed E-state index contributed by atoms with van der Waals surface area (Å²) in [6.45, 7) is 0.409. The standard InChI is InChI=1S/C11H10FN3S/c12-10-4-2-1-3-9(10)7-15-6-5-11(14-15)13-8-16/h1-6,8H,7H2,(H,13,14,16). The smallest absolute Gasteiger partial charge is 0.152 e. The quantitative estimate of drug-likeness (QED) is 0.825. The Labute approximate surface area is 97.9 Å². The molecule has 2 rings (SSSR count).